The summed E-state index contributed by atoms with van der Waals surface area (Å²) in [5, 5.41) is 2.65. The molecule has 120 valence electrons. The van der Waals surface area contributed by atoms with Crippen molar-refractivity contribution in [2.75, 3.05) is 0 Å². The fraction of sp³-hybridized carbons (Fsp3) is 0.167. The van der Waals surface area contributed by atoms with Gasteiger partial charge in [-0.3, -0.25) is 4.79 Å². The van der Waals surface area contributed by atoms with E-state index in [9.17, 15) is 13.6 Å². The molecule has 0 aliphatic rings. The molecule has 2 rings (SSSR count). The first-order chi connectivity index (χ1) is 11.0. The Hall–Kier alpha value is -2.69. The minimum atomic E-state index is -2.90. The van der Waals surface area contributed by atoms with Crippen LogP contribution in [0.3, 0.4) is 0 Å². The van der Waals surface area contributed by atoms with Gasteiger partial charge in [-0.2, -0.15) is 8.78 Å². The molecule has 0 spiro atoms. The van der Waals surface area contributed by atoms with Crippen LogP contribution in [0.25, 0.3) is 6.08 Å². The maximum Gasteiger partial charge on any atom is 0.387 e. The molecule has 3 nitrogen and oxygen atoms in total. The van der Waals surface area contributed by atoms with E-state index in [1.165, 1.54) is 12.1 Å². The Morgan fingerprint density at radius 2 is 2.00 bits per heavy atom. The van der Waals surface area contributed by atoms with E-state index in [1.807, 2.05) is 31.2 Å². The second-order valence-corrected chi connectivity index (χ2v) is 4.95. The first-order valence-corrected chi connectivity index (χ1v) is 7.10. The molecule has 2 aromatic carbocycles. The van der Waals surface area contributed by atoms with Gasteiger partial charge in [-0.1, -0.05) is 48.0 Å². The van der Waals surface area contributed by atoms with Crippen molar-refractivity contribution in [3.05, 3.63) is 71.3 Å². The smallest absolute Gasteiger partial charge is 0.387 e. The van der Waals surface area contributed by atoms with Gasteiger partial charge in [0, 0.05) is 18.2 Å². The van der Waals surface area contributed by atoms with Crippen LogP contribution < -0.4 is 10.1 Å². The van der Waals surface area contributed by atoms with E-state index in [-0.39, 0.29) is 18.2 Å². The number of para-hydroxylation sites is 1. The molecule has 0 saturated heterocycles. The molecule has 0 saturated carbocycles. The van der Waals surface area contributed by atoms with Crippen LogP contribution in [0.2, 0.25) is 0 Å². The van der Waals surface area contributed by atoms with Crippen LogP contribution in [0.4, 0.5) is 8.78 Å². The predicted molar refractivity (Wildman–Crippen MR) is 85.1 cm³/mol. The summed E-state index contributed by atoms with van der Waals surface area (Å²) in [6.45, 7) is -0.815. The van der Waals surface area contributed by atoms with Crippen molar-refractivity contribution in [3.63, 3.8) is 0 Å². The summed E-state index contributed by atoms with van der Waals surface area (Å²) in [6, 6.07) is 14.1. The highest BCUT2D eigenvalue weighted by Gasteiger charge is 2.09. The molecule has 0 aliphatic carbocycles. The van der Waals surface area contributed by atoms with Gasteiger partial charge in [0.15, 0.2) is 0 Å². The quantitative estimate of drug-likeness (QED) is 0.820. The van der Waals surface area contributed by atoms with Crippen molar-refractivity contribution in [1.29, 1.82) is 0 Å². The third-order valence-corrected chi connectivity index (χ3v) is 3.11. The molecular formula is C18H17F2NO2. The number of amides is 1. The lowest BCUT2D eigenvalue weighted by molar-refractivity contribution is -0.116. The van der Waals surface area contributed by atoms with Crippen LogP contribution in [0.1, 0.15) is 16.7 Å². The highest BCUT2D eigenvalue weighted by Crippen LogP contribution is 2.19. The van der Waals surface area contributed by atoms with Gasteiger partial charge >= 0.3 is 6.61 Å². The summed E-state index contributed by atoms with van der Waals surface area (Å²) >= 11 is 0. The molecule has 0 aromatic heterocycles. The van der Waals surface area contributed by atoms with Gasteiger partial charge in [-0.25, -0.2) is 0 Å². The Kier molecular flexibility index (Phi) is 5.86. The lowest BCUT2D eigenvalue weighted by Crippen LogP contribution is -2.21. The third kappa shape index (κ3) is 5.54. The number of aryl methyl sites for hydroxylation is 1. The van der Waals surface area contributed by atoms with Crippen LogP contribution in [-0.4, -0.2) is 12.5 Å². The number of carbonyl (C=O) groups excluding carboxylic acids is 1. The Labute approximate surface area is 133 Å². The number of nitrogens with one attached hydrogen (secondary N) is 1. The van der Waals surface area contributed by atoms with Gasteiger partial charge in [-0.05, 0) is 24.6 Å². The molecule has 5 heteroatoms. The molecule has 23 heavy (non-hydrogen) atoms. The van der Waals surface area contributed by atoms with Crippen molar-refractivity contribution in [3.8, 4) is 5.75 Å². The van der Waals surface area contributed by atoms with E-state index in [0.29, 0.717) is 5.56 Å². The van der Waals surface area contributed by atoms with Gasteiger partial charge < -0.3 is 10.1 Å². The van der Waals surface area contributed by atoms with Crippen molar-refractivity contribution in [1.82, 2.24) is 5.32 Å². The number of alkyl halides is 2. The van der Waals surface area contributed by atoms with Crippen molar-refractivity contribution >= 4 is 12.0 Å². The lowest BCUT2D eigenvalue weighted by Gasteiger charge is -2.10. The zero-order chi connectivity index (χ0) is 16.7. The lowest BCUT2D eigenvalue weighted by atomic mass is 10.1. The van der Waals surface area contributed by atoms with E-state index in [0.717, 1.165) is 11.1 Å². The molecular weight excluding hydrogens is 300 g/mol. The van der Waals surface area contributed by atoms with E-state index in [4.69, 9.17) is 0 Å². The average Bonchev–Trinajstić information content (AvgIpc) is 2.51. The summed E-state index contributed by atoms with van der Waals surface area (Å²) < 4.78 is 29.1. The van der Waals surface area contributed by atoms with E-state index in [1.54, 1.807) is 24.3 Å². The molecule has 2 aromatic rings. The number of hydrogen-bond acceptors (Lipinski definition) is 2. The summed E-state index contributed by atoms with van der Waals surface area (Å²) in [6.07, 6.45) is 3.11. The Morgan fingerprint density at radius 3 is 2.74 bits per heavy atom. The average molecular weight is 317 g/mol. The van der Waals surface area contributed by atoms with Crippen molar-refractivity contribution in [2.45, 2.75) is 20.1 Å². The summed E-state index contributed by atoms with van der Waals surface area (Å²) in [4.78, 5) is 11.8. The molecule has 0 aliphatic heterocycles. The van der Waals surface area contributed by atoms with Gasteiger partial charge in [0.2, 0.25) is 5.91 Å². The van der Waals surface area contributed by atoms with Crippen molar-refractivity contribution in [2.24, 2.45) is 0 Å². The van der Waals surface area contributed by atoms with Crippen LogP contribution in [0.5, 0.6) is 5.75 Å². The molecule has 0 unspecified atom stereocenters. The normalized spacial score (nSPS) is 11.0. The Bertz CT molecular complexity index is 699. The predicted octanol–water partition coefficient (Wildman–Crippen LogP) is 3.93. The second-order valence-electron chi connectivity index (χ2n) is 4.95. The largest absolute Gasteiger partial charge is 0.434 e. The fourth-order valence-electron chi connectivity index (χ4n) is 2.05. The minimum absolute atomic E-state index is 0.0606. The summed E-state index contributed by atoms with van der Waals surface area (Å²) in [5.74, 6) is -0.246. The molecule has 0 heterocycles. The zero-order valence-corrected chi connectivity index (χ0v) is 12.6. The van der Waals surface area contributed by atoms with Gasteiger partial charge in [-0.15, -0.1) is 0 Å². The number of ether oxygens (including phenoxy) is 1. The Balaban J connectivity index is 1.94. The van der Waals surface area contributed by atoms with Gasteiger partial charge in [0.25, 0.3) is 0 Å². The maximum absolute atomic E-state index is 12.3. The molecule has 0 radical (unpaired) electrons. The van der Waals surface area contributed by atoms with Crippen LogP contribution >= 0.6 is 0 Å². The maximum atomic E-state index is 12.3. The van der Waals surface area contributed by atoms with E-state index < -0.39 is 6.61 Å². The highest BCUT2D eigenvalue weighted by molar-refractivity contribution is 5.91. The molecule has 1 amide bonds. The molecule has 0 bridgehead atoms. The first kappa shape index (κ1) is 16.7. The van der Waals surface area contributed by atoms with Crippen molar-refractivity contribution < 1.29 is 18.3 Å². The summed E-state index contributed by atoms with van der Waals surface area (Å²) in [7, 11) is 0. The monoisotopic (exact) mass is 317 g/mol. The van der Waals surface area contributed by atoms with Gasteiger partial charge in [0.1, 0.15) is 5.75 Å². The number of halogens is 2. The molecule has 1 N–H and O–H groups in total. The zero-order valence-electron chi connectivity index (χ0n) is 12.6. The SMILES string of the molecule is Cc1cccc(/C=C/C(=O)NCc2ccccc2OC(F)F)c1. The summed E-state index contributed by atoms with van der Waals surface area (Å²) in [5.41, 5.74) is 2.51. The van der Waals surface area contributed by atoms with Crippen LogP contribution in [-0.2, 0) is 11.3 Å². The van der Waals surface area contributed by atoms with Crippen LogP contribution in [0.15, 0.2) is 54.6 Å². The molecule has 0 atom stereocenters. The number of hydrogen-bond donors (Lipinski definition) is 1. The number of benzene rings is 2. The number of rotatable bonds is 6. The molecule has 0 fully saturated rings. The fourth-order valence-corrected chi connectivity index (χ4v) is 2.05. The highest BCUT2D eigenvalue weighted by atomic mass is 19.3. The van der Waals surface area contributed by atoms with E-state index in [2.05, 4.69) is 10.1 Å². The topological polar surface area (TPSA) is 38.3 Å². The third-order valence-electron chi connectivity index (χ3n) is 3.11. The first-order valence-electron chi connectivity index (χ1n) is 7.10. The second kappa shape index (κ2) is 8.08. The minimum Gasteiger partial charge on any atom is -0.434 e. The number of carbonyl (C=O) groups is 1. The van der Waals surface area contributed by atoms with Gasteiger partial charge in [0.05, 0.1) is 0 Å². The Morgan fingerprint density at radius 1 is 1.22 bits per heavy atom. The standard InChI is InChI=1S/C18H17F2NO2/c1-13-5-4-6-14(11-13)9-10-17(22)21-12-15-7-2-3-8-16(15)23-18(19)20/h2-11,18H,12H2,1H3,(H,21,22)/b10-9+. The van der Waals surface area contributed by atoms with Crippen LogP contribution in [0, 0.1) is 6.92 Å². The van der Waals surface area contributed by atoms with E-state index >= 15 is 0 Å².